The fourth-order valence-corrected chi connectivity index (χ4v) is 3.04. The van der Waals surface area contributed by atoms with Crippen LogP contribution in [-0.2, 0) is 25.5 Å². The molecule has 0 fully saturated rings. The normalized spacial score (nSPS) is 15.7. The predicted octanol–water partition coefficient (Wildman–Crippen LogP) is 2.38. The minimum Gasteiger partial charge on any atom is -0.494 e. The van der Waals surface area contributed by atoms with Crippen molar-refractivity contribution in [3.8, 4) is 5.75 Å². The second-order valence-corrected chi connectivity index (χ2v) is 6.47. The summed E-state index contributed by atoms with van der Waals surface area (Å²) in [7, 11) is 1.34. The van der Waals surface area contributed by atoms with Gasteiger partial charge in [-0.1, -0.05) is 6.07 Å². The number of amides is 2. The number of carbonyl (C=O) groups is 3. The molecule has 0 bridgehead atoms. The summed E-state index contributed by atoms with van der Waals surface area (Å²) in [5.41, 5.74) is 0.503. The average molecular weight is 432 g/mol. The van der Waals surface area contributed by atoms with E-state index in [1.807, 2.05) is 0 Å². The number of halogens is 1. The van der Waals surface area contributed by atoms with Crippen molar-refractivity contribution in [2.24, 2.45) is 0 Å². The Morgan fingerprint density at radius 2 is 2.03 bits per heavy atom. The topological polar surface area (TPSA) is 116 Å². The van der Waals surface area contributed by atoms with Crippen LogP contribution in [0, 0.1) is 5.82 Å². The van der Waals surface area contributed by atoms with Gasteiger partial charge < -0.3 is 29.3 Å². The van der Waals surface area contributed by atoms with E-state index in [1.165, 1.54) is 31.6 Å². The fraction of sp³-hybridized carbons (Fsp3) is 0.286. The molecular formula is C21H21FN2O7. The van der Waals surface area contributed by atoms with Gasteiger partial charge in [-0.3, -0.25) is 4.79 Å². The Hall–Kier alpha value is -3.82. The molecule has 0 radical (unpaired) electrons. The van der Waals surface area contributed by atoms with Gasteiger partial charge in [-0.15, -0.1) is 0 Å². The third kappa shape index (κ3) is 5.21. The summed E-state index contributed by atoms with van der Waals surface area (Å²) in [5.74, 6) is -1.60. The largest absolute Gasteiger partial charge is 0.494 e. The van der Waals surface area contributed by atoms with E-state index in [9.17, 15) is 18.8 Å². The van der Waals surface area contributed by atoms with Crippen molar-refractivity contribution >= 4 is 18.0 Å². The summed E-state index contributed by atoms with van der Waals surface area (Å²) in [4.78, 5) is 36.9. The molecule has 1 aliphatic rings. The molecule has 0 saturated heterocycles. The van der Waals surface area contributed by atoms with Crippen molar-refractivity contribution < 1.29 is 37.4 Å². The molecule has 2 heterocycles. The van der Waals surface area contributed by atoms with E-state index in [0.29, 0.717) is 11.3 Å². The van der Waals surface area contributed by atoms with Crippen LogP contribution in [0.15, 0.2) is 52.3 Å². The molecule has 1 unspecified atom stereocenters. The van der Waals surface area contributed by atoms with Crippen LogP contribution in [0.2, 0.25) is 0 Å². The number of esters is 2. The number of benzene rings is 1. The van der Waals surface area contributed by atoms with Crippen LogP contribution in [0.1, 0.15) is 24.3 Å². The molecule has 9 nitrogen and oxygen atoms in total. The summed E-state index contributed by atoms with van der Waals surface area (Å²) in [5, 5.41) is 5.06. The molecule has 0 saturated carbocycles. The first-order valence-electron chi connectivity index (χ1n) is 9.42. The number of ether oxygens (including phenoxy) is 3. The maximum Gasteiger partial charge on any atom is 0.338 e. The van der Waals surface area contributed by atoms with Gasteiger partial charge in [-0.05, 0) is 36.8 Å². The Labute approximate surface area is 177 Å². The first-order chi connectivity index (χ1) is 14.9. The zero-order chi connectivity index (χ0) is 22.4. The lowest BCUT2D eigenvalue weighted by atomic mass is 10.0. The van der Waals surface area contributed by atoms with Crippen molar-refractivity contribution in [1.82, 2.24) is 10.6 Å². The Morgan fingerprint density at radius 1 is 1.23 bits per heavy atom. The highest BCUT2D eigenvalue weighted by atomic mass is 19.1. The van der Waals surface area contributed by atoms with Crippen LogP contribution in [0.4, 0.5) is 9.18 Å². The number of rotatable bonds is 8. The minimum absolute atomic E-state index is 0.0553. The summed E-state index contributed by atoms with van der Waals surface area (Å²) < 4.78 is 34.3. The van der Waals surface area contributed by atoms with Crippen LogP contribution < -0.4 is 15.4 Å². The molecule has 1 aliphatic heterocycles. The number of hydrogen-bond acceptors (Lipinski definition) is 7. The number of carbonyl (C=O) groups excluding carboxylic acids is 3. The summed E-state index contributed by atoms with van der Waals surface area (Å²) in [6, 6.07) is 5.80. The quantitative estimate of drug-likeness (QED) is 0.615. The number of methoxy groups -OCH3 is 1. The van der Waals surface area contributed by atoms with Gasteiger partial charge in [-0.25, -0.2) is 14.0 Å². The van der Waals surface area contributed by atoms with Gasteiger partial charge in [0.05, 0.1) is 37.7 Å². The van der Waals surface area contributed by atoms with Crippen molar-refractivity contribution in [2.45, 2.75) is 19.4 Å². The van der Waals surface area contributed by atoms with Gasteiger partial charge >= 0.3 is 18.0 Å². The number of nitrogens with one attached hydrogen (secondary N) is 2. The second kappa shape index (κ2) is 9.79. The molecule has 1 atom stereocenters. The summed E-state index contributed by atoms with van der Waals surface area (Å²) >= 11 is 0. The van der Waals surface area contributed by atoms with Gasteiger partial charge in [0.15, 0.2) is 11.6 Å². The first kappa shape index (κ1) is 21.9. The predicted molar refractivity (Wildman–Crippen MR) is 104 cm³/mol. The summed E-state index contributed by atoms with van der Waals surface area (Å²) in [6.07, 6.45) is 1.19. The van der Waals surface area contributed by atoms with Crippen molar-refractivity contribution in [1.29, 1.82) is 0 Å². The Morgan fingerprint density at radius 3 is 2.68 bits per heavy atom. The van der Waals surface area contributed by atoms with Crippen LogP contribution >= 0.6 is 0 Å². The van der Waals surface area contributed by atoms with Gasteiger partial charge in [0.25, 0.3) is 0 Å². The maximum atomic E-state index is 13.8. The molecule has 31 heavy (non-hydrogen) atoms. The highest BCUT2D eigenvalue weighted by Crippen LogP contribution is 2.28. The van der Waals surface area contributed by atoms with E-state index in [2.05, 4.69) is 10.6 Å². The highest BCUT2D eigenvalue weighted by molar-refractivity contribution is 5.95. The standard InChI is InChI=1S/C21H21FN2O7/c1-3-29-20(26)18-14(23-21(27)24-19(18)16-5-4-8-30-16)11-31-17(25)10-12-6-7-15(28-2)13(22)9-12/h4-9,19H,3,10-11H2,1-2H3,(H2,23,24,27). The van der Waals surface area contributed by atoms with E-state index in [4.69, 9.17) is 18.6 Å². The molecular weight excluding hydrogens is 411 g/mol. The van der Waals surface area contributed by atoms with Crippen LogP contribution in [-0.4, -0.2) is 38.3 Å². The molecule has 0 spiro atoms. The molecule has 1 aromatic heterocycles. The molecule has 164 valence electrons. The zero-order valence-electron chi connectivity index (χ0n) is 16.9. The third-order valence-corrected chi connectivity index (χ3v) is 4.42. The van der Waals surface area contributed by atoms with E-state index in [1.54, 1.807) is 19.1 Å². The smallest absolute Gasteiger partial charge is 0.338 e. The van der Waals surface area contributed by atoms with Crippen molar-refractivity contribution in [3.63, 3.8) is 0 Å². The van der Waals surface area contributed by atoms with E-state index in [0.717, 1.165) is 0 Å². The molecule has 3 rings (SSSR count). The third-order valence-electron chi connectivity index (χ3n) is 4.42. The fourth-order valence-electron chi connectivity index (χ4n) is 3.04. The number of hydrogen-bond donors (Lipinski definition) is 2. The van der Waals surface area contributed by atoms with Crippen LogP contribution in [0.5, 0.6) is 5.75 Å². The van der Waals surface area contributed by atoms with Gasteiger partial charge in [0.1, 0.15) is 18.4 Å². The summed E-state index contributed by atoms with van der Waals surface area (Å²) in [6.45, 7) is 1.36. The first-order valence-corrected chi connectivity index (χ1v) is 9.42. The zero-order valence-corrected chi connectivity index (χ0v) is 16.9. The van der Waals surface area contributed by atoms with Crippen LogP contribution in [0.25, 0.3) is 0 Å². The van der Waals surface area contributed by atoms with E-state index < -0.39 is 36.4 Å². The second-order valence-electron chi connectivity index (χ2n) is 6.47. The lowest BCUT2D eigenvalue weighted by molar-refractivity contribution is -0.143. The number of furan rings is 1. The monoisotopic (exact) mass is 432 g/mol. The molecule has 2 aromatic rings. The average Bonchev–Trinajstić information content (AvgIpc) is 3.27. The Balaban J connectivity index is 1.78. The van der Waals surface area contributed by atoms with E-state index in [-0.39, 0.29) is 30.0 Å². The number of urea groups is 1. The van der Waals surface area contributed by atoms with Gasteiger partial charge in [-0.2, -0.15) is 0 Å². The Bertz CT molecular complexity index is 1000. The van der Waals surface area contributed by atoms with Crippen molar-refractivity contribution in [3.05, 3.63) is 65.0 Å². The Kier molecular flexibility index (Phi) is 6.91. The maximum absolute atomic E-state index is 13.8. The molecule has 1 aromatic carbocycles. The van der Waals surface area contributed by atoms with E-state index >= 15 is 0 Å². The van der Waals surface area contributed by atoms with Gasteiger partial charge in [0.2, 0.25) is 0 Å². The molecule has 2 amide bonds. The minimum atomic E-state index is -0.910. The lowest BCUT2D eigenvalue weighted by Gasteiger charge is -2.27. The lowest BCUT2D eigenvalue weighted by Crippen LogP contribution is -2.47. The molecule has 2 N–H and O–H groups in total. The highest BCUT2D eigenvalue weighted by Gasteiger charge is 2.35. The van der Waals surface area contributed by atoms with Crippen LogP contribution in [0.3, 0.4) is 0 Å². The SMILES string of the molecule is CCOC(=O)C1=C(COC(=O)Cc2ccc(OC)c(F)c2)NC(=O)NC1c1ccco1. The van der Waals surface area contributed by atoms with Gasteiger partial charge in [0, 0.05) is 0 Å². The molecule has 10 heteroatoms. The molecule has 0 aliphatic carbocycles. The van der Waals surface area contributed by atoms with Crippen molar-refractivity contribution in [2.75, 3.05) is 20.3 Å².